The van der Waals surface area contributed by atoms with E-state index in [1.807, 2.05) is 18.2 Å². The summed E-state index contributed by atoms with van der Waals surface area (Å²) in [6, 6.07) is 10.2. The highest BCUT2D eigenvalue weighted by Crippen LogP contribution is 2.37. The minimum atomic E-state index is -0.562. The van der Waals surface area contributed by atoms with E-state index in [9.17, 15) is 5.11 Å². The average molecular weight is 232 g/mol. The highest BCUT2D eigenvalue weighted by Gasteiger charge is 2.43. The first kappa shape index (κ1) is 11.2. The second-order valence-electron chi connectivity index (χ2n) is 5.84. The van der Waals surface area contributed by atoms with E-state index in [1.54, 1.807) is 0 Å². The van der Waals surface area contributed by atoms with Gasteiger partial charge < -0.3 is 9.59 Å². The van der Waals surface area contributed by atoms with Crippen molar-refractivity contribution in [1.82, 2.24) is 0 Å². The summed E-state index contributed by atoms with van der Waals surface area (Å²) in [6.07, 6.45) is 4.61. The quantitative estimate of drug-likeness (QED) is 0.737. The zero-order chi connectivity index (χ0) is 11.8. The largest absolute Gasteiger partial charge is 0.385 e. The van der Waals surface area contributed by atoms with Crippen molar-refractivity contribution in [2.24, 2.45) is 0 Å². The van der Waals surface area contributed by atoms with Gasteiger partial charge in [0.05, 0.1) is 26.2 Å². The van der Waals surface area contributed by atoms with E-state index in [-0.39, 0.29) is 0 Å². The van der Waals surface area contributed by atoms with E-state index < -0.39 is 5.60 Å². The molecule has 1 aromatic rings. The molecule has 0 bridgehead atoms. The number of rotatable bonds is 1. The van der Waals surface area contributed by atoms with Gasteiger partial charge in [-0.2, -0.15) is 0 Å². The Hall–Kier alpha value is -0.860. The molecule has 2 heteroatoms. The van der Waals surface area contributed by atoms with Gasteiger partial charge in [-0.15, -0.1) is 0 Å². The number of benzene rings is 1. The van der Waals surface area contributed by atoms with Crippen LogP contribution in [0, 0.1) is 0 Å². The highest BCUT2D eigenvalue weighted by molar-refractivity contribution is 5.22. The second kappa shape index (κ2) is 4.11. The molecule has 0 aliphatic carbocycles. The van der Waals surface area contributed by atoms with Gasteiger partial charge in [-0.3, -0.25) is 0 Å². The number of quaternary nitrogens is 1. The van der Waals surface area contributed by atoms with Gasteiger partial charge in [-0.05, 0) is 5.56 Å². The summed E-state index contributed by atoms with van der Waals surface area (Å²) < 4.78 is 1.27. The van der Waals surface area contributed by atoms with Crippen LogP contribution in [0.3, 0.4) is 0 Å². The molecule has 0 aromatic heterocycles. The van der Waals surface area contributed by atoms with Crippen molar-refractivity contribution >= 4 is 0 Å². The van der Waals surface area contributed by atoms with Gasteiger partial charge in [0.15, 0.2) is 0 Å². The maximum Gasteiger partial charge on any atom is 0.100 e. The summed E-state index contributed by atoms with van der Waals surface area (Å²) >= 11 is 0. The van der Waals surface area contributed by atoms with E-state index in [0.717, 1.165) is 31.5 Å². The molecule has 2 fully saturated rings. The predicted molar refractivity (Wildman–Crippen MR) is 68.5 cm³/mol. The van der Waals surface area contributed by atoms with Gasteiger partial charge >= 0.3 is 0 Å². The van der Waals surface area contributed by atoms with Crippen LogP contribution in [0.5, 0.6) is 0 Å². The van der Waals surface area contributed by atoms with Crippen molar-refractivity contribution in [3.63, 3.8) is 0 Å². The Kier molecular flexibility index (Phi) is 2.72. The molecule has 2 nitrogen and oxygen atoms in total. The molecule has 1 N–H and O–H groups in total. The number of hydrogen-bond donors (Lipinski definition) is 1. The SMILES string of the molecule is OC1(c2ccccc2)CC[N+]2(CCCC2)CC1. The molecular weight excluding hydrogens is 210 g/mol. The maximum atomic E-state index is 10.8. The van der Waals surface area contributed by atoms with Crippen LogP contribution in [-0.2, 0) is 5.60 Å². The van der Waals surface area contributed by atoms with Gasteiger partial charge in [-0.1, -0.05) is 30.3 Å². The molecule has 0 atom stereocenters. The minimum absolute atomic E-state index is 0.562. The van der Waals surface area contributed by atoms with Crippen LogP contribution < -0.4 is 0 Å². The third kappa shape index (κ3) is 2.00. The first-order valence-corrected chi connectivity index (χ1v) is 6.86. The van der Waals surface area contributed by atoms with Crippen LogP contribution >= 0.6 is 0 Å². The predicted octanol–water partition coefficient (Wildman–Crippen LogP) is 2.28. The Balaban J connectivity index is 1.75. The van der Waals surface area contributed by atoms with Gasteiger partial charge in [0.1, 0.15) is 5.60 Å². The fourth-order valence-corrected chi connectivity index (χ4v) is 3.57. The van der Waals surface area contributed by atoms with Gasteiger partial charge in [-0.25, -0.2) is 0 Å². The lowest BCUT2D eigenvalue weighted by atomic mass is 9.83. The van der Waals surface area contributed by atoms with Crippen molar-refractivity contribution in [3.8, 4) is 0 Å². The Morgan fingerprint density at radius 1 is 0.882 bits per heavy atom. The standard InChI is InChI=1S/C15H22NO/c17-15(14-6-2-1-3-7-14)8-12-16(13-9-15)10-4-5-11-16/h1-3,6-7,17H,4-5,8-13H2/q+1. The molecule has 2 aliphatic heterocycles. The molecule has 0 unspecified atom stereocenters. The van der Waals surface area contributed by atoms with Crippen LogP contribution in [0.15, 0.2) is 30.3 Å². The number of nitrogens with zero attached hydrogens (tertiary/aromatic N) is 1. The average Bonchev–Trinajstić information content (AvgIpc) is 2.84. The molecule has 0 saturated carbocycles. The number of hydrogen-bond acceptors (Lipinski definition) is 1. The van der Waals surface area contributed by atoms with E-state index in [2.05, 4.69) is 12.1 Å². The highest BCUT2D eigenvalue weighted by atomic mass is 16.3. The molecule has 2 saturated heterocycles. The lowest BCUT2D eigenvalue weighted by Crippen LogP contribution is -2.54. The van der Waals surface area contributed by atoms with Crippen LogP contribution in [0.25, 0.3) is 0 Å². The Morgan fingerprint density at radius 3 is 2.06 bits per heavy atom. The van der Waals surface area contributed by atoms with Crippen molar-refractivity contribution in [3.05, 3.63) is 35.9 Å². The molecule has 1 spiro atoms. The molecule has 2 heterocycles. The number of piperidine rings is 1. The van der Waals surface area contributed by atoms with Crippen LogP contribution in [-0.4, -0.2) is 35.8 Å². The number of aliphatic hydroxyl groups is 1. The summed E-state index contributed by atoms with van der Waals surface area (Å²) in [4.78, 5) is 0. The summed E-state index contributed by atoms with van der Waals surface area (Å²) in [6.45, 7) is 4.99. The van der Waals surface area contributed by atoms with E-state index in [0.29, 0.717) is 0 Å². The zero-order valence-electron chi connectivity index (χ0n) is 10.4. The van der Waals surface area contributed by atoms with Gasteiger partial charge in [0, 0.05) is 25.7 Å². The topological polar surface area (TPSA) is 20.2 Å². The minimum Gasteiger partial charge on any atom is -0.385 e. The molecule has 1 aromatic carbocycles. The Bertz CT molecular complexity index is 371. The van der Waals surface area contributed by atoms with E-state index in [4.69, 9.17) is 0 Å². The van der Waals surface area contributed by atoms with E-state index in [1.165, 1.54) is 30.4 Å². The second-order valence-corrected chi connectivity index (χ2v) is 5.84. The van der Waals surface area contributed by atoms with Gasteiger partial charge in [0.25, 0.3) is 0 Å². The van der Waals surface area contributed by atoms with Crippen molar-refractivity contribution in [2.45, 2.75) is 31.3 Å². The normalized spacial score (nSPS) is 26.2. The summed E-state index contributed by atoms with van der Waals surface area (Å²) in [7, 11) is 0. The Morgan fingerprint density at radius 2 is 1.47 bits per heavy atom. The first-order valence-electron chi connectivity index (χ1n) is 6.86. The molecule has 0 radical (unpaired) electrons. The molecule has 92 valence electrons. The van der Waals surface area contributed by atoms with Crippen molar-refractivity contribution < 1.29 is 9.59 Å². The van der Waals surface area contributed by atoms with Crippen LogP contribution in [0.4, 0.5) is 0 Å². The lowest BCUT2D eigenvalue weighted by molar-refractivity contribution is -0.923. The van der Waals surface area contributed by atoms with Crippen LogP contribution in [0.1, 0.15) is 31.2 Å². The van der Waals surface area contributed by atoms with Crippen molar-refractivity contribution in [1.29, 1.82) is 0 Å². The molecule has 3 rings (SSSR count). The Labute approximate surface area is 103 Å². The lowest BCUT2D eigenvalue weighted by Gasteiger charge is -2.44. The monoisotopic (exact) mass is 232 g/mol. The maximum absolute atomic E-state index is 10.8. The third-order valence-corrected chi connectivity index (χ3v) is 4.83. The first-order chi connectivity index (χ1) is 8.23. The van der Waals surface area contributed by atoms with Gasteiger partial charge in [0.2, 0.25) is 0 Å². The molecule has 0 amide bonds. The summed E-state index contributed by atoms with van der Waals surface area (Å²) in [5.74, 6) is 0. The third-order valence-electron chi connectivity index (χ3n) is 4.83. The molecule has 17 heavy (non-hydrogen) atoms. The molecular formula is C15H22NO+. The summed E-state index contributed by atoms with van der Waals surface area (Å²) in [5, 5.41) is 10.8. The van der Waals surface area contributed by atoms with Crippen molar-refractivity contribution in [2.75, 3.05) is 26.2 Å². The summed E-state index contributed by atoms with van der Waals surface area (Å²) in [5.41, 5.74) is 0.546. The fourth-order valence-electron chi connectivity index (χ4n) is 3.57. The molecule has 2 aliphatic rings. The zero-order valence-corrected chi connectivity index (χ0v) is 10.4. The van der Waals surface area contributed by atoms with Crippen LogP contribution in [0.2, 0.25) is 0 Å². The fraction of sp³-hybridized carbons (Fsp3) is 0.600. The smallest absolute Gasteiger partial charge is 0.100 e. The van der Waals surface area contributed by atoms with E-state index >= 15 is 0 Å².